The van der Waals surface area contributed by atoms with Gasteiger partial charge in [-0.25, -0.2) is 0 Å². The van der Waals surface area contributed by atoms with Gasteiger partial charge in [-0.2, -0.15) is 0 Å². The Bertz CT molecular complexity index is 550. The van der Waals surface area contributed by atoms with Crippen LogP contribution in [0.2, 0.25) is 0 Å². The molecule has 0 spiro atoms. The standard InChI is InChI=1S/C36H65N/c1-3-5-7-9-11-13-15-17-19-21-23-28-33-37(35-32-36-30-26-25-27-31-36)34-29-24-22-20-18-16-14-12-10-8-6-4-2/h25-27,30-32,35H,3-24,28-29,33-34H2,1-2H3. The Morgan fingerprint density at radius 1 is 0.432 bits per heavy atom. The Morgan fingerprint density at radius 2 is 0.757 bits per heavy atom. The molecule has 0 fully saturated rings. The first kappa shape index (κ1) is 33.8. The molecule has 0 N–H and O–H groups in total. The summed E-state index contributed by atoms with van der Waals surface area (Å²) in [5.74, 6) is 0. The lowest BCUT2D eigenvalue weighted by molar-refractivity contribution is 0.351. The molecule has 0 saturated carbocycles. The molecule has 0 aliphatic rings. The van der Waals surface area contributed by atoms with Gasteiger partial charge in [0, 0.05) is 13.1 Å². The molecule has 1 heteroatoms. The van der Waals surface area contributed by atoms with Crippen molar-refractivity contribution in [3.8, 4) is 0 Å². The second-order valence-electron chi connectivity index (χ2n) is 11.5. The molecule has 1 aromatic carbocycles. The summed E-state index contributed by atoms with van der Waals surface area (Å²) in [5.41, 5.74) is 1.32. The van der Waals surface area contributed by atoms with Crippen molar-refractivity contribution in [1.29, 1.82) is 0 Å². The van der Waals surface area contributed by atoms with Crippen molar-refractivity contribution in [3.05, 3.63) is 42.1 Å². The first-order chi connectivity index (χ1) is 18.4. The quantitative estimate of drug-likeness (QED) is 0.101. The molecule has 0 heterocycles. The monoisotopic (exact) mass is 512 g/mol. The van der Waals surface area contributed by atoms with Crippen LogP contribution in [0.3, 0.4) is 0 Å². The van der Waals surface area contributed by atoms with E-state index in [1.54, 1.807) is 0 Å². The molecule has 1 nitrogen and oxygen atoms in total. The van der Waals surface area contributed by atoms with Crippen LogP contribution in [0.25, 0.3) is 6.08 Å². The molecule has 0 aliphatic carbocycles. The lowest BCUT2D eigenvalue weighted by Crippen LogP contribution is -2.20. The van der Waals surface area contributed by atoms with E-state index >= 15 is 0 Å². The third-order valence-corrected chi connectivity index (χ3v) is 7.88. The van der Waals surface area contributed by atoms with Crippen LogP contribution in [0, 0.1) is 0 Å². The third kappa shape index (κ3) is 23.6. The zero-order valence-corrected chi connectivity index (χ0v) is 25.4. The maximum atomic E-state index is 2.60. The molecule has 0 aliphatic heterocycles. The smallest absolute Gasteiger partial charge is 0.0172 e. The first-order valence-corrected chi connectivity index (χ1v) is 16.8. The van der Waals surface area contributed by atoms with Crippen LogP contribution in [-0.2, 0) is 0 Å². The second kappa shape index (κ2) is 27.8. The Hall–Kier alpha value is -1.24. The van der Waals surface area contributed by atoms with Gasteiger partial charge in [0.15, 0.2) is 0 Å². The van der Waals surface area contributed by atoms with Crippen molar-refractivity contribution in [2.75, 3.05) is 13.1 Å². The summed E-state index contributed by atoms with van der Waals surface area (Å²) in [6.45, 7) is 7.05. The van der Waals surface area contributed by atoms with E-state index < -0.39 is 0 Å². The molecular formula is C36H65N. The molecule has 0 atom stereocenters. The van der Waals surface area contributed by atoms with E-state index in [0.717, 1.165) is 0 Å². The predicted octanol–water partition coefficient (Wildman–Crippen LogP) is 12.4. The molecule has 214 valence electrons. The lowest BCUT2D eigenvalue weighted by atomic mass is 10.0. The van der Waals surface area contributed by atoms with E-state index in [1.165, 1.54) is 173 Å². The summed E-state index contributed by atoms with van der Waals surface area (Å²) in [6.07, 6.45) is 38.9. The zero-order valence-electron chi connectivity index (χ0n) is 25.4. The van der Waals surface area contributed by atoms with Crippen molar-refractivity contribution in [1.82, 2.24) is 4.90 Å². The van der Waals surface area contributed by atoms with Crippen molar-refractivity contribution < 1.29 is 0 Å². The van der Waals surface area contributed by atoms with E-state index in [-0.39, 0.29) is 0 Å². The minimum absolute atomic E-state index is 1.22. The van der Waals surface area contributed by atoms with E-state index in [1.807, 2.05) is 0 Å². The van der Waals surface area contributed by atoms with Gasteiger partial charge in [-0.1, -0.05) is 185 Å². The Kier molecular flexibility index (Phi) is 25.4. The lowest BCUT2D eigenvalue weighted by Gasteiger charge is -2.20. The highest BCUT2D eigenvalue weighted by atomic mass is 15.1. The fourth-order valence-electron chi connectivity index (χ4n) is 5.33. The summed E-state index contributed by atoms with van der Waals surface area (Å²) >= 11 is 0. The SMILES string of the molecule is CCCCCCCCCCCCCCN(C=Cc1ccccc1)CCCCCCCCCCCCCC. The molecule has 0 aromatic heterocycles. The molecule has 1 rings (SSSR count). The van der Waals surface area contributed by atoms with E-state index in [0.29, 0.717) is 0 Å². The van der Waals surface area contributed by atoms with Gasteiger partial charge in [-0.3, -0.25) is 0 Å². The van der Waals surface area contributed by atoms with Crippen LogP contribution < -0.4 is 0 Å². The first-order valence-electron chi connectivity index (χ1n) is 16.8. The molecule has 0 bridgehead atoms. The topological polar surface area (TPSA) is 3.24 Å². The molecular weight excluding hydrogens is 446 g/mol. The second-order valence-corrected chi connectivity index (χ2v) is 11.5. The van der Waals surface area contributed by atoms with Gasteiger partial charge >= 0.3 is 0 Å². The third-order valence-electron chi connectivity index (χ3n) is 7.88. The maximum Gasteiger partial charge on any atom is 0.0172 e. The normalized spacial score (nSPS) is 11.5. The van der Waals surface area contributed by atoms with Crippen molar-refractivity contribution in [3.63, 3.8) is 0 Å². The highest BCUT2D eigenvalue weighted by Crippen LogP contribution is 2.14. The van der Waals surface area contributed by atoms with Crippen LogP contribution in [0.4, 0.5) is 0 Å². The number of benzene rings is 1. The Labute approximate surface area is 233 Å². The number of nitrogens with zero attached hydrogens (tertiary/aromatic N) is 1. The summed E-state index contributed by atoms with van der Waals surface area (Å²) in [6, 6.07) is 10.8. The van der Waals surface area contributed by atoms with Crippen LogP contribution in [0.15, 0.2) is 36.5 Å². The van der Waals surface area contributed by atoms with Gasteiger partial charge < -0.3 is 4.90 Å². The highest BCUT2D eigenvalue weighted by Gasteiger charge is 2.01. The van der Waals surface area contributed by atoms with Gasteiger partial charge in [0.1, 0.15) is 0 Å². The van der Waals surface area contributed by atoms with Gasteiger partial charge in [-0.05, 0) is 30.7 Å². The van der Waals surface area contributed by atoms with Crippen LogP contribution in [0.1, 0.15) is 174 Å². The fourth-order valence-corrected chi connectivity index (χ4v) is 5.33. The molecule has 0 radical (unpaired) electrons. The van der Waals surface area contributed by atoms with E-state index in [2.05, 4.69) is 61.4 Å². The maximum absolute atomic E-state index is 2.60. The Morgan fingerprint density at radius 3 is 1.11 bits per heavy atom. The predicted molar refractivity (Wildman–Crippen MR) is 169 cm³/mol. The molecule has 0 amide bonds. The Balaban J connectivity index is 2.11. The van der Waals surface area contributed by atoms with Gasteiger partial charge in [0.2, 0.25) is 0 Å². The molecule has 0 saturated heterocycles. The molecule has 1 aromatic rings. The number of rotatable bonds is 28. The van der Waals surface area contributed by atoms with Gasteiger partial charge in [-0.15, -0.1) is 0 Å². The molecule has 37 heavy (non-hydrogen) atoms. The van der Waals surface area contributed by atoms with Gasteiger partial charge in [0.25, 0.3) is 0 Å². The van der Waals surface area contributed by atoms with Crippen LogP contribution >= 0.6 is 0 Å². The minimum Gasteiger partial charge on any atom is -0.377 e. The number of hydrogen-bond acceptors (Lipinski definition) is 1. The summed E-state index contributed by atoms with van der Waals surface area (Å²) < 4.78 is 0. The van der Waals surface area contributed by atoms with E-state index in [4.69, 9.17) is 0 Å². The summed E-state index contributed by atoms with van der Waals surface area (Å²) in [7, 11) is 0. The highest BCUT2D eigenvalue weighted by molar-refractivity contribution is 5.48. The van der Waals surface area contributed by atoms with Gasteiger partial charge in [0.05, 0.1) is 0 Å². The molecule has 0 unspecified atom stereocenters. The van der Waals surface area contributed by atoms with Crippen LogP contribution in [0.5, 0.6) is 0 Å². The van der Waals surface area contributed by atoms with Crippen molar-refractivity contribution >= 4 is 6.08 Å². The number of hydrogen-bond donors (Lipinski definition) is 0. The fraction of sp³-hybridized carbons (Fsp3) is 0.778. The summed E-state index contributed by atoms with van der Waals surface area (Å²) in [5, 5.41) is 0. The largest absolute Gasteiger partial charge is 0.377 e. The minimum atomic E-state index is 1.22. The average Bonchev–Trinajstić information content (AvgIpc) is 2.93. The summed E-state index contributed by atoms with van der Waals surface area (Å²) in [4.78, 5) is 2.60. The zero-order chi connectivity index (χ0) is 26.5. The van der Waals surface area contributed by atoms with E-state index in [9.17, 15) is 0 Å². The van der Waals surface area contributed by atoms with Crippen molar-refractivity contribution in [2.24, 2.45) is 0 Å². The van der Waals surface area contributed by atoms with Crippen molar-refractivity contribution in [2.45, 2.75) is 168 Å². The number of unbranched alkanes of at least 4 members (excludes halogenated alkanes) is 22. The van der Waals surface area contributed by atoms with Crippen LogP contribution in [-0.4, -0.2) is 18.0 Å². The average molecular weight is 512 g/mol.